The van der Waals surface area contributed by atoms with Gasteiger partial charge in [-0.2, -0.15) is 5.26 Å². The van der Waals surface area contributed by atoms with E-state index in [1.54, 1.807) is 38.1 Å². The van der Waals surface area contributed by atoms with Crippen LogP contribution in [0.3, 0.4) is 0 Å². The lowest BCUT2D eigenvalue weighted by molar-refractivity contribution is -0.130. The number of urea groups is 1. The van der Waals surface area contributed by atoms with Gasteiger partial charge < -0.3 is 10.1 Å². The van der Waals surface area contributed by atoms with Gasteiger partial charge in [0.05, 0.1) is 12.1 Å². The number of ether oxygens (including phenoxy) is 1. The first-order valence-corrected chi connectivity index (χ1v) is 6.22. The Morgan fingerprint density at radius 3 is 2.65 bits per heavy atom. The van der Waals surface area contributed by atoms with E-state index in [1.807, 2.05) is 6.07 Å². The molecule has 1 aromatic rings. The third-order valence-corrected chi connectivity index (χ3v) is 3.02. The van der Waals surface area contributed by atoms with Gasteiger partial charge in [-0.25, -0.2) is 4.79 Å². The van der Waals surface area contributed by atoms with Crippen LogP contribution < -0.4 is 10.1 Å². The molecule has 1 aliphatic rings. The quantitative estimate of drug-likeness (QED) is 0.837. The van der Waals surface area contributed by atoms with Crippen molar-refractivity contribution in [3.63, 3.8) is 0 Å². The Hall–Kier alpha value is -2.55. The highest BCUT2D eigenvalue weighted by atomic mass is 16.5. The highest BCUT2D eigenvalue weighted by molar-refractivity contribution is 6.06. The van der Waals surface area contributed by atoms with Crippen LogP contribution in [0.15, 0.2) is 24.3 Å². The summed E-state index contributed by atoms with van der Waals surface area (Å²) in [5.41, 5.74) is -0.452. The van der Waals surface area contributed by atoms with Gasteiger partial charge in [-0.05, 0) is 26.0 Å². The minimum Gasteiger partial charge on any atom is -0.490 e. The van der Waals surface area contributed by atoms with E-state index in [1.165, 1.54) is 0 Å². The maximum absolute atomic E-state index is 11.9. The summed E-state index contributed by atoms with van der Waals surface area (Å²) in [6.07, 6.45) is 0. The van der Waals surface area contributed by atoms with Crippen molar-refractivity contribution in [2.24, 2.45) is 0 Å². The van der Waals surface area contributed by atoms with Gasteiger partial charge in [0.25, 0.3) is 5.91 Å². The molecule has 0 aromatic heterocycles. The lowest BCUT2D eigenvalue weighted by atomic mass is 10.1. The van der Waals surface area contributed by atoms with Gasteiger partial charge >= 0.3 is 6.03 Å². The number of nitriles is 1. The van der Waals surface area contributed by atoms with Crippen LogP contribution in [0.1, 0.15) is 19.4 Å². The monoisotopic (exact) mass is 273 g/mol. The summed E-state index contributed by atoms with van der Waals surface area (Å²) in [6, 6.07) is 8.42. The Morgan fingerprint density at radius 1 is 1.35 bits per heavy atom. The molecule has 0 radical (unpaired) electrons. The van der Waals surface area contributed by atoms with E-state index in [9.17, 15) is 9.59 Å². The Labute approximate surface area is 116 Å². The molecule has 1 N–H and O–H groups in total. The molecule has 2 rings (SSSR count). The third kappa shape index (κ3) is 2.57. The van der Waals surface area contributed by atoms with Crippen molar-refractivity contribution in [1.29, 1.82) is 5.26 Å². The normalized spacial score (nSPS) is 16.8. The van der Waals surface area contributed by atoms with E-state index in [2.05, 4.69) is 5.32 Å². The number of rotatable bonds is 4. The number of para-hydroxylation sites is 1. The summed E-state index contributed by atoms with van der Waals surface area (Å²) in [5.74, 6) is 0.168. The second-order valence-electron chi connectivity index (χ2n) is 4.97. The number of hydrogen-bond acceptors (Lipinski definition) is 4. The third-order valence-electron chi connectivity index (χ3n) is 3.02. The fraction of sp³-hybridized carbons (Fsp3) is 0.357. The van der Waals surface area contributed by atoms with Crippen LogP contribution in [-0.4, -0.2) is 35.5 Å². The van der Waals surface area contributed by atoms with Gasteiger partial charge in [0.15, 0.2) is 0 Å². The van der Waals surface area contributed by atoms with E-state index in [4.69, 9.17) is 10.00 Å². The van der Waals surface area contributed by atoms with Gasteiger partial charge in [-0.3, -0.25) is 9.69 Å². The summed E-state index contributed by atoms with van der Waals surface area (Å²) in [5, 5.41) is 11.5. The standard InChI is InChI=1S/C14H15N3O3/c1-14(2)12(18)17(13(19)16-14)7-8-20-11-6-4-3-5-10(11)9-15/h3-6H,7-8H2,1-2H3,(H,16,19). The Kier molecular flexibility index (Phi) is 3.61. The van der Waals surface area contributed by atoms with Crippen molar-refractivity contribution < 1.29 is 14.3 Å². The molecule has 0 atom stereocenters. The van der Waals surface area contributed by atoms with Crippen LogP contribution in [-0.2, 0) is 4.79 Å². The van der Waals surface area contributed by atoms with Crippen molar-refractivity contribution >= 4 is 11.9 Å². The molecule has 3 amide bonds. The minimum atomic E-state index is -0.873. The SMILES string of the molecule is CC1(C)NC(=O)N(CCOc2ccccc2C#N)C1=O. The molecule has 0 spiro atoms. The predicted octanol–water partition coefficient (Wildman–Crippen LogP) is 1.27. The molecule has 6 heteroatoms. The number of amides is 3. The first-order valence-electron chi connectivity index (χ1n) is 6.22. The van der Waals surface area contributed by atoms with E-state index in [-0.39, 0.29) is 19.1 Å². The van der Waals surface area contributed by atoms with Crippen LogP contribution >= 0.6 is 0 Å². The molecule has 0 saturated carbocycles. The molecule has 104 valence electrons. The van der Waals surface area contributed by atoms with Crippen molar-refractivity contribution in [3.8, 4) is 11.8 Å². The zero-order chi connectivity index (χ0) is 14.8. The fourth-order valence-corrected chi connectivity index (χ4v) is 1.95. The minimum absolute atomic E-state index is 0.147. The average Bonchev–Trinajstić information content (AvgIpc) is 2.61. The van der Waals surface area contributed by atoms with Gasteiger partial charge in [-0.15, -0.1) is 0 Å². The van der Waals surface area contributed by atoms with Gasteiger partial charge in [0, 0.05) is 0 Å². The Morgan fingerprint density at radius 2 is 2.05 bits per heavy atom. The Bertz CT molecular complexity index is 590. The molecule has 0 aliphatic carbocycles. The predicted molar refractivity (Wildman–Crippen MR) is 71.0 cm³/mol. The maximum atomic E-state index is 11.9. The fourth-order valence-electron chi connectivity index (χ4n) is 1.95. The molecular formula is C14H15N3O3. The summed E-state index contributed by atoms with van der Waals surface area (Å²) >= 11 is 0. The smallest absolute Gasteiger partial charge is 0.325 e. The molecule has 0 unspecified atom stereocenters. The average molecular weight is 273 g/mol. The number of nitrogens with one attached hydrogen (secondary N) is 1. The summed E-state index contributed by atoms with van der Waals surface area (Å²) in [7, 11) is 0. The molecule has 1 aromatic carbocycles. The van der Waals surface area contributed by atoms with Crippen molar-refractivity contribution in [1.82, 2.24) is 10.2 Å². The van der Waals surface area contributed by atoms with Crippen LogP contribution in [0.5, 0.6) is 5.75 Å². The second kappa shape index (κ2) is 5.21. The zero-order valence-electron chi connectivity index (χ0n) is 11.3. The molecular weight excluding hydrogens is 258 g/mol. The van der Waals surface area contributed by atoms with Crippen molar-refractivity contribution in [3.05, 3.63) is 29.8 Å². The molecule has 20 heavy (non-hydrogen) atoms. The Balaban J connectivity index is 1.96. The maximum Gasteiger partial charge on any atom is 0.325 e. The number of hydrogen-bond donors (Lipinski definition) is 1. The highest BCUT2D eigenvalue weighted by Gasteiger charge is 2.43. The summed E-state index contributed by atoms with van der Waals surface area (Å²) < 4.78 is 5.46. The lowest BCUT2D eigenvalue weighted by Gasteiger charge is -2.16. The molecule has 0 bridgehead atoms. The van der Waals surface area contributed by atoms with Crippen LogP contribution in [0.4, 0.5) is 4.79 Å². The lowest BCUT2D eigenvalue weighted by Crippen LogP contribution is -2.40. The van der Waals surface area contributed by atoms with Crippen LogP contribution in [0, 0.1) is 11.3 Å². The van der Waals surface area contributed by atoms with E-state index >= 15 is 0 Å². The van der Waals surface area contributed by atoms with Gasteiger partial charge in [-0.1, -0.05) is 12.1 Å². The first-order chi connectivity index (χ1) is 9.45. The number of carbonyl (C=O) groups is 2. The molecule has 1 fully saturated rings. The highest BCUT2D eigenvalue weighted by Crippen LogP contribution is 2.18. The molecule has 1 heterocycles. The number of benzene rings is 1. The van der Waals surface area contributed by atoms with Crippen LogP contribution in [0.25, 0.3) is 0 Å². The number of imide groups is 1. The molecule has 6 nitrogen and oxygen atoms in total. The topological polar surface area (TPSA) is 82.4 Å². The zero-order valence-corrected chi connectivity index (χ0v) is 11.3. The van der Waals surface area contributed by atoms with E-state index < -0.39 is 11.6 Å². The number of carbonyl (C=O) groups excluding carboxylic acids is 2. The summed E-state index contributed by atoms with van der Waals surface area (Å²) in [6.45, 7) is 3.60. The van der Waals surface area contributed by atoms with Crippen molar-refractivity contribution in [2.75, 3.05) is 13.2 Å². The first kappa shape index (κ1) is 13.9. The molecule has 1 aliphatic heterocycles. The van der Waals surface area contributed by atoms with Gasteiger partial charge in [0.1, 0.15) is 24.0 Å². The van der Waals surface area contributed by atoms with E-state index in [0.717, 1.165) is 4.90 Å². The van der Waals surface area contributed by atoms with Crippen molar-refractivity contribution in [2.45, 2.75) is 19.4 Å². The largest absolute Gasteiger partial charge is 0.490 e. The molecule has 1 saturated heterocycles. The van der Waals surface area contributed by atoms with Gasteiger partial charge in [0.2, 0.25) is 0 Å². The second-order valence-corrected chi connectivity index (χ2v) is 4.97. The summed E-state index contributed by atoms with van der Waals surface area (Å²) in [4.78, 5) is 24.7. The van der Waals surface area contributed by atoms with Crippen LogP contribution in [0.2, 0.25) is 0 Å². The van der Waals surface area contributed by atoms with E-state index in [0.29, 0.717) is 11.3 Å². The number of nitrogens with zero attached hydrogens (tertiary/aromatic N) is 2.